The van der Waals surface area contributed by atoms with Crippen molar-refractivity contribution in [1.29, 1.82) is 0 Å². The zero-order valence-electron chi connectivity index (χ0n) is 13.7. The molecule has 122 valence electrons. The summed E-state index contributed by atoms with van der Waals surface area (Å²) in [6, 6.07) is 0. The van der Waals surface area contributed by atoms with Crippen molar-refractivity contribution in [3.8, 4) is 0 Å². The van der Waals surface area contributed by atoms with Crippen molar-refractivity contribution in [2.24, 2.45) is 0 Å². The number of hydrogen-bond donors (Lipinski definition) is 2. The van der Waals surface area contributed by atoms with E-state index in [9.17, 15) is 14.4 Å². The molecule has 8 heteroatoms. The fraction of sp³-hybridized carbons (Fsp3) is 0.750. The first-order valence-corrected chi connectivity index (χ1v) is 5.74. The third-order valence-electron chi connectivity index (χ3n) is 1.32. The van der Waals surface area contributed by atoms with Crippen LogP contribution in [-0.4, -0.2) is 60.0 Å². The second kappa shape index (κ2) is 25.9. The van der Waals surface area contributed by atoms with Crippen molar-refractivity contribution in [2.45, 2.75) is 20.8 Å². The molecule has 0 bridgehead atoms. The van der Waals surface area contributed by atoms with Gasteiger partial charge in [-0.25, -0.2) is 4.79 Å². The van der Waals surface area contributed by atoms with E-state index in [-0.39, 0.29) is 11.9 Å². The van der Waals surface area contributed by atoms with Gasteiger partial charge in [-0.05, 0) is 6.92 Å². The van der Waals surface area contributed by atoms with Gasteiger partial charge in [0.2, 0.25) is 5.91 Å². The van der Waals surface area contributed by atoms with Crippen LogP contribution in [0.25, 0.3) is 0 Å². The largest absolute Gasteiger partial charge is 0.469 e. The zero-order valence-corrected chi connectivity index (χ0v) is 13.7. The molecule has 0 fully saturated rings. The van der Waals surface area contributed by atoms with Crippen LogP contribution in [0.1, 0.15) is 20.8 Å². The number of amides is 2. The monoisotopic (exact) mass is 296 g/mol. The summed E-state index contributed by atoms with van der Waals surface area (Å²) in [6.07, 6.45) is -0.407. The van der Waals surface area contributed by atoms with Crippen LogP contribution in [0.2, 0.25) is 0 Å². The summed E-state index contributed by atoms with van der Waals surface area (Å²) in [6.45, 7) is 5.61. The molecular formula is C12H28N2O6. The Morgan fingerprint density at radius 1 is 0.900 bits per heavy atom. The fourth-order valence-electron chi connectivity index (χ4n) is 0.102. The molecule has 8 nitrogen and oxygen atoms in total. The molecule has 0 saturated carbocycles. The van der Waals surface area contributed by atoms with Crippen LogP contribution in [0, 0.1) is 0 Å². The third-order valence-corrected chi connectivity index (χ3v) is 1.32. The quantitative estimate of drug-likeness (QED) is 0.685. The molecule has 0 aromatic rings. The molecule has 0 unspecified atom stereocenters. The van der Waals surface area contributed by atoms with Crippen LogP contribution in [0.3, 0.4) is 0 Å². The number of carbonyl (C=O) groups excluding carboxylic acids is 3. The van der Waals surface area contributed by atoms with Crippen LogP contribution >= 0.6 is 0 Å². The summed E-state index contributed by atoms with van der Waals surface area (Å²) in [5, 5.41) is 4.64. The first-order valence-electron chi connectivity index (χ1n) is 5.74. The van der Waals surface area contributed by atoms with E-state index >= 15 is 0 Å². The van der Waals surface area contributed by atoms with E-state index in [1.807, 2.05) is 6.92 Å². The molecule has 0 aromatic carbocycles. The molecule has 0 aromatic heterocycles. The van der Waals surface area contributed by atoms with E-state index in [4.69, 9.17) is 0 Å². The Morgan fingerprint density at radius 2 is 1.20 bits per heavy atom. The predicted molar refractivity (Wildman–Crippen MR) is 76.4 cm³/mol. The molecule has 2 amide bonds. The summed E-state index contributed by atoms with van der Waals surface area (Å²) in [5.41, 5.74) is 0. The molecule has 0 atom stereocenters. The maximum Gasteiger partial charge on any atom is 0.406 e. The smallest absolute Gasteiger partial charge is 0.406 e. The number of ether oxygens (including phenoxy) is 3. The number of esters is 1. The lowest BCUT2D eigenvalue weighted by molar-refractivity contribution is -0.137. The van der Waals surface area contributed by atoms with E-state index in [0.717, 1.165) is 6.61 Å². The highest BCUT2D eigenvalue weighted by molar-refractivity contribution is 5.72. The first kappa shape index (κ1) is 26.7. The summed E-state index contributed by atoms with van der Waals surface area (Å²) in [7, 11) is 7.45. The molecule has 0 aliphatic rings. The number of nitrogens with one attached hydrogen (secondary N) is 2. The molecular weight excluding hydrogens is 268 g/mol. The lowest BCUT2D eigenvalue weighted by Gasteiger charge is -1.90. The highest BCUT2D eigenvalue weighted by Gasteiger charge is 1.85. The Morgan fingerprint density at radius 3 is 1.20 bits per heavy atom. The molecule has 0 radical (unpaired) electrons. The first-order chi connectivity index (χ1) is 9.26. The SMILES string of the molecule is CCOC.CNC(=O)OC.CNC(C)=O.COC(C)=O. The molecule has 0 aliphatic carbocycles. The van der Waals surface area contributed by atoms with Crippen molar-refractivity contribution in [3.63, 3.8) is 0 Å². The van der Waals surface area contributed by atoms with Gasteiger partial charge in [0.1, 0.15) is 0 Å². The van der Waals surface area contributed by atoms with Gasteiger partial charge in [0, 0.05) is 41.7 Å². The second-order valence-corrected chi connectivity index (χ2v) is 2.82. The zero-order chi connectivity index (χ0) is 17.0. The summed E-state index contributed by atoms with van der Waals surface area (Å²) in [5.74, 6) is -0.241. The van der Waals surface area contributed by atoms with Gasteiger partial charge in [0.25, 0.3) is 0 Å². The molecule has 20 heavy (non-hydrogen) atoms. The van der Waals surface area contributed by atoms with Crippen molar-refractivity contribution in [2.75, 3.05) is 42.0 Å². The summed E-state index contributed by atoms with van der Waals surface area (Å²) in [4.78, 5) is 29.1. The number of alkyl carbamates (subject to hydrolysis) is 1. The van der Waals surface area contributed by atoms with Gasteiger partial charge in [0.15, 0.2) is 0 Å². The molecule has 0 spiro atoms. The molecule has 2 N–H and O–H groups in total. The Bertz CT molecular complexity index is 212. The summed E-state index contributed by atoms with van der Waals surface area (Å²) >= 11 is 0. The van der Waals surface area contributed by atoms with Gasteiger partial charge in [-0.15, -0.1) is 0 Å². The van der Waals surface area contributed by atoms with Gasteiger partial charge in [0.05, 0.1) is 14.2 Å². The minimum Gasteiger partial charge on any atom is -0.469 e. The molecule has 0 saturated heterocycles. The van der Waals surface area contributed by atoms with Gasteiger partial charge in [-0.3, -0.25) is 9.59 Å². The molecule has 0 aliphatic heterocycles. The Kier molecular flexibility index (Phi) is 34.5. The van der Waals surface area contributed by atoms with E-state index in [1.54, 1.807) is 14.2 Å². The molecule has 0 heterocycles. The van der Waals surface area contributed by atoms with Gasteiger partial charge >= 0.3 is 12.1 Å². The minimum atomic E-state index is -0.407. The Labute approximate surface area is 121 Å². The number of rotatable bonds is 1. The number of methoxy groups -OCH3 is 3. The Balaban J connectivity index is -0.0000000862. The lowest BCUT2D eigenvalue weighted by Crippen LogP contribution is -2.16. The molecule has 0 rings (SSSR count). The van der Waals surface area contributed by atoms with Crippen LogP contribution in [0.4, 0.5) is 4.79 Å². The van der Waals surface area contributed by atoms with Crippen molar-refractivity contribution in [3.05, 3.63) is 0 Å². The lowest BCUT2D eigenvalue weighted by atomic mass is 10.7. The summed E-state index contributed by atoms with van der Waals surface area (Å²) < 4.78 is 12.8. The van der Waals surface area contributed by atoms with Crippen LogP contribution in [0.15, 0.2) is 0 Å². The Hall–Kier alpha value is -1.83. The normalized spacial score (nSPS) is 7.00. The topological polar surface area (TPSA) is 103 Å². The van der Waals surface area contributed by atoms with E-state index in [0.29, 0.717) is 0 Å². The van der Waals surface area contributed by atoms with E-state index in [1.165, 1.54) is 35.1 Å². The van der Waals surface area contributed by atoms with Crippen molar-refractivity contribution >= 4 is 18.0 Å². The maximum absolute atomic E-state index is 9.85. The van der Waals surface area contributed by atoms with Crippen molar-refractivity contribution < 1.29 is 28.6 Å². The van der Waals surface area contributed by atoms with Crippen LogP contribution in [-0.2, 0) is 23.8 Å². The van der Waals surface area contributed by atoms with Gasteiger partial charge in [-0.2, -0.15) is 0 Å². The van der Waals surface area contributed by atoms with E-state index < -0.39 is 6.09 Å². The standard InChI is InChI=1S/C3H7NO2.C3H7NO.C3H6O2.C3H8O/c1-4-3(5)6-2;1-3(5)4-2;1-3(4)5-2;1-3-4-2/h1-2H3,(H,4,5);1-2H3,(H,4,5);1-2H3;3H2,1-2H3. The second-order valence-electron chi connectivity index (χ2n) is 2.82. The van der Waals surface area contributed by atoms with Crippen molar-refractivity contribution in [1.82, 2.24) is 10.6 Å². The minimum absolute atomic E-state index is 0.00463. The van der Waals surface area contributed by atoms with Crippen LogP contribution < -0.4 is 10.6 Å². The highest BCUT2D eigenvalue weighted by atomic mass is 16.5. The average molecular weight is 296 g/mol. The van der Waals surface area contributed by atoms with Gasteiger partial charge in [-0.1, -0.05) is 0 Å². The maximum atomic E-state index is 9.85. The fourth-order valence-corrected chi connectivity index (χ4v) is 0.102. The average Bonchev–Trinajstić information content (AvgIpc) is 2.47. The highest BCUT2D eigenvalue weighted by Crippen LogP contribution is 1.62. The predicted octanol–water partition coefficient (Wildman–Crippen LogP) is 0.557. The number of hydrogen-bond acceptors (Lipinski definition) is 6. The van der Waals surface area contributed by atoms with E-state index in [2.05, 4.69) is 24.8 Å². The third kappa shape index (κ3) is 72.4. The number of carbonyl (C=O) groups is 3. The van der Waals surface area contributed by atoms with Crippen LogP contribution in [0.5, 0.6) is 0 Å². The van der Waals surface area contributed by atoms with Gasteiger partial charge < -0.3 is 24.8 Å².